The Morgan fingerprint density at radius 3 is 2.65 bits per heavy atom. The molecule has 1 saturated heterocycles. The van der Waals surface area contributed by atoms with Gasteiger partial charge >= 0.3 is 6.18 Å². The van der Waals surface area contributed by atoms with E-state index >= 15 is 0 Å². The number of carbonyl (C=O) groups excluding carboxylic acids is 1. The quantitative estimate of drug-likeness (QED) is 0.866. The Hall–Kier alpha value is -1.80. The zero-order valence-corrected chi connectivity index (χ0v) is 12.6. The van der Waals surface area contributed by atoms with E-state index in [2.05, 4.69) is 5.32 Å². The summed E-state index contributed by atoms with van der Waals surface area (Å²) in [4.78, 5) is 13.6. The smallest absolute Gasteiger partial charge is 0.415 e. The van der Waals surface area contributed by atoms with Gasteiger partial charge in [-0.1, -0.05) is 0 Å². The molecule has 0 bridgehead atoms. The van der Waals surface area contributed by atoms with Crippen LogP contribution in [0.4, 0.5) is 18.9 Å². The number of aliphatic hydroxyl groups is 1. The van der Waals surface area contributed by atoms with Crippen LogP contribution in [-0.2, 0) is 4.79 Å². The van der Waals surface area contributed by atoms with Crippen LogP contribution in [-0.4, -0.2) is 54.4 Å². The number of benzene rings is 1. The van der Waals surface area contributed by atoms with Crippen LogP contribution in [0.25, 0.3) is 0 Å². The molecule has 5 nitrogen and oxygen atoms in total. The van der Waals surface area contributed by atoms with Crippen LogP contribution in [0.5, 0.6) is 5.75 Å². The van der Waals surface area contributed by atoms with Crippen LogP contribution in [0, 0.1) is 0 Å². The molecule has 23 heavy (non-hydrogen) atoms. The first kappa shape index (κ1) is 17.6. The normalized spacial score (nSPS) is 20.3. The fourth-order valence-electron chi connectivity index (χ4n) is 2.57. The average Bonchev–Trinajstić information content (AvgIpc) is 2.95. The van der Waals surface area contributed by atoms with E-state index in [-0.39, 0.29) is 5.91 Å². The van der Waals surface area contributed by atoms with E-state index in [0.29, 0.717) is 30.8 Å². The number of alkyl halides is 3. The summed E-state index contributed by atoms with van der Waals surface area (Å²) in [6.07, 6.45) is -6.05. The lowest BCUT2D eigenvalue weighted by atomic mass is 10.2. The van der Waals surface area contributed by atoms with Gasteiger partial charge in [0.1, 0.15) is 5.75 Å². The molecule has 2 rings (SSSR count). The number of hydrogen-bond donors (Lipinski definition) is 2. The third kappa shape index (κ3) is 4.59. The monoisotopic (exact) mass is 332 g/mol. The number of nitrogens with one attached hydrogen (secondary N) is 1. The zero-order valence-electron chi connectivity index (χ0n) is 12.6. The van der Waals surface area contributed by atoms with E-state index < -0.39 is 24.9 Å². The summed E-state index contributed by atoms with van der Waals surface area (Å²) in [5.74, 6) is 0.265. The number of carbonyl (C=O) groups is 1. The molecule has 1 amide bonds. The number of rotatable bonds is 5. The van der Waals surface area contributed by atoms with Gasteiger partial charge in [-0.2, -0.15) is 13.2 Å². The second-order valence-electron chi connectivity index (χ2n) is 5.43. The maximum absolute atomic E-state index is 12.5. The largest absolute Gasteiger partial charge is 0.497 e. The average molecular weight is 332 g/mol. The molecule has 2 N–H and O–H groups in total. The van der Waals surface area contributed by atoms with Crippen molar-refractivity contribution in [1.82, 2.24) is 4.90 Å². The molecular formula is C15H19F3N2O3. The molecule has 2 atom stereocenters. The molecular weight excluding hydrogens is 313 g/mol. The number of hydrogen-bond acceptors (Lipinski definition) is 4. The number of ether oxygens (including phenoxy) is 1. The molecule has 1 fully saturated rings. The first-order chi connectivity index (χ1) is 10.8. The summed E-state index contributed by atoms with van der Waals surface area (Å²) in [6, 6.07) is 5.99. The van der Waals surface area contributed by atoms with Gasteiger partial charge in [0, 0.05) is 12.2 Å². The first-order valence-electron chi connectivity index (χ1n) is 7.25. The number of aliphatic hydroxyl groups excluding tert-OH is 1. The Kier molecular flexibility index (Phi) is 5.48. The van der Waals surface area contributed by atoms with Crippen molar-refractivity contribution in [2.45, 2.75) is 31.2 Å². The lowest BCUT2D eigenvalue weighted by Gasteiger charge is -2.26. The SMILES string of the molecule is COc1ccc(NC(=O)[C@@H]2CCCN2C[C@@H](O)C(F)(F)F)cc1. The van der Waals surface area contributed by atoms with E-state index in [0.717, 1.165) is 0 Å². The molecule has 0 unspecified atom stereocenters. The van der Waals surface area contributed by atoms with Gasteiger partial charge in [0.2, 0.25) is 5.91 Å². The summed E-state index contributed by atoms with van der Waals surface area (Å²) < 4.78 is 42.4. The van der Waals surface area contributed by atoms with Crippen molar-refractivity contribution in [2.24, 2.45) is 0 Å². The van der Waals surface area contributed by atoms with Gasteiger partial charge in [-0.15, -0.1) is 0 Å². The number of halogens is 3. The van der Waals surface area contributed by atoms with E-state index in [1.807, 2.05) is 0 Å². The number of β-amino-alcohol motifs (C(OH)–C–C–N with tert-alkyl or cyclic N) is 1. The third-order valence-corrected chi connectivity index (χ3v) is 3.81. The van der Waals surface area contributed by atoms with Gasteiger partial charge in [-0.3, -0.25) is 9.69 Å². The van der Waals surface area contributed by atoms with Crippen LogP contribution >= 0.6 is 0 Å². The van der Waals surface area contributed by atoms with Gasteiger partial charge < -0.3 is 15.2 Å². The topological polar surface area (TPSA) is 61.8 Å². The number of methoxy groups -OCH3 is 1. The molecule has 1 aromatic rings. The second-order valence-corrected chi connectivity index (χ2v) is 5.43. The predicted molar refractivity (Wildman–Crippen MR) is 78.3 cm³/mol. The highest BCUT2D eigenvalue weighted by Crippen LogP contribution is 2.25. The van der Waals surface area contributed by atoms with Crippen molar-refractivity contribution >= 4 is 11.6 Å². The van der Waals surface area contributed by atoms with Crippen molar-refractivity contribution in [1.29, 1.82) is 0 Å². The van der Waals surface area contributed by atoms with Gasteiger partial charge in [0.05, 0.1) is 13.2 Å². The Morgan fingerprint density at radius 2 is 2.09 bits per heavy atom. The predicted octanol–water partition coefficient (Wildman–Crippen LogP) is 2.02. The molecule has 0 aromatic heterocycles. The Balaban J connectivity index is 1.97. The van der Waals surface area contributed by atoms with Crippen molar-refractivity contribution in [3.8, 4) is 5.75 Å². The Labute approximate surface area is 132 Å². The molecule has 1 aromatic carbocycles. The van der Waals surface area contributed by atoms with Crippen molar-refractivity contribution < 1.29 is 27.8 Å². The highest BCUT2D eigenvalue weighted by molar-refractivity contribution is 5.95. The highest BCUT2D eigenvalue weighted by Gasteiger charge is 2.42. The van der Waals surface area contributed by atoms with Crippen LogP contribution in [0.15, 0.2) is 24.3 Å². The number of anilines is 1. The van der Waals surface area contributed by atoms with Crippen molar-refractivity contribution in [3.05, 3.63) is 24.3 Å². The van der Waals surface area contributed by atoms with E-state index in [9.17, 15) is 23.1 Å². The summed E-state index contributed by atoms with van der Waals surface area (Å²) >= 11 is 0. The van der Waals surface area contributed by atoms with Crippen molar-refractivity contribution in [2.75, 3.05) is 25.5 Å². The molecule has 0 radical (unpaired) electrons. The summed E-state index contributed by atoms with van der Waals surface area (Å²) in [5.41, 5.74) is 0.541. The third-order valence-electron chi connectivity index (χ3n) is 3.81. The molecule has 1 aliphatic rings. The number of likely N-dealkylation sites (tertiary alicyclic amines) is 1. The van der Waals surface area contributed by atoms with E-state index in [1.165, 1.54) is 12.0 Å². The molecule has 0 saturated carbocycles. The first-order valence-corrected chi connectivity index (χ1v) is 7.25. The van der Waals surface area contributed by atoms with E-state index in [4.69, 9.17) is 4.74 Å². The second kappa shape index (κ2) is 7.18. The minimum atomic E-state index is -4.68. The minimum absolute atomic E-state index is 0.355. The Bertz CT molecular complexity index is 534. The van der Waals surface area contributed by atoms with E-state index in [1.54, 1.807) is 24.3 Å². The van der Waals surface area contributed by atoms with Gasteiger partial charge in [-0.05, 0) is 43.7 Å². The fraction of sp³-hybridized carbons (Fsp3) is 0.533. The lowest BCUT2D eigenvalue weighted by molar-refractivity contribution is -0.208. The number of nitrogens with zero attached hydrogens (tertiary/aromatic N) is 1. The molecule has 1 heterocycles. The standard InChI is InChI=1S/C15H19F3N2O3/c1-23-11-6-4-10(5-7-11)19-14(22)12-3-2-8-20(12)9-13(21)15(16,17)18/h4-7,12-13,21H,2-3,8-9H2,1H3,(H,19,22)/t12-,13+/m0/s1. The molecule has 0 aliphatic carbocycles. The lowest BCUT2D eigenvalue weighted by Crippen LogP contribution is -2.46. The van der Waals surface area contributed by atoms with Crippen LogP contribution in [0.2, 0.25) is 0 Å². The summed E-state index contributed by atoms with van der Waals surface area (Å²) in [5, 5.41) is 11.9. The van der Waals surface area contributed by atoms with Crippen molar-refractivity contribution in [3.63, 3.8) is 0 Å². The van der Waals surface area contributed by atoms with Crippen LogP contribution < -0.4 is 10.1 Å². The van der Waals surface area contributed by atoms with Crippen LogP contribution in [0.1, 0.15) is 12.8 Å². The molecule has 1 aliphatic heterocycles. The maximum atomic E-state index is 12.5. The molecule has 0 spiro atoms. The minimum Gasteiger partial charge on any atom is -0.497 e. The fourth-order valence-corrected chi connectivity index (χ4v) is 2.57. The number of amides is 1. The molecule has 128 valence electrons. The van der Waals surface area contributed by atoms with Gasteiger partial charge in [0.25, 0.3) is 0 Å². The maximum Gasteiger partial charge on any atom is 0.415 e. The van der Waals surface area contributed by atoms with Gasteiger partial charge in [-0.25, -0.2) is 0 Å². The van der Waals surface area contributed by atoms with Gasteiger partial charge in [0.15, 0.2) is 6.10 Å². The summed E-state index contributed by atoms with van der Waals surface area (Å²) in [6.45, 7) is -0.238. The highest BCUT2D eigenvalue weighted by atomic mass is 19.4. The van der Waals surface area contributed by atoms with Crippen LogP contribution in [0.3, 0.4) is 0 Å². The Morgan fingerprint density at radius 1 is 1.43 bits per heavy atom. The zero-order chi connectivity index (χ0) is 17.0. The molecule has 8 heteroatoms. The summed E-state index contributed by atoms with van der Waals surface area (Å²) in [7, 11) is 1.52.